The lowest BCUT2D eigenvalue weighted by atomic mass is 10.2. The molecule has 0 aliphatic carbocycles. The van der Waals surface area contributed by atoms with Crippen molar-refractivity contribution >= 4 is 28.1 Å². The van der Waals surface area contributed by atoms with Gasteiger partial charge in [0.2, 0.25) is 10.0 Å². The number of methoxy groups -OCH3 is 1. The minimum absolute atomic E-state index is 0. The molecule has 0 atom stereocenters. The van der Waals surface area contributed by atoms with E-state index < -0.39 is 14.9 Å². The molecule has 1 saturated heterocycles. The summed E-state index contributed by atoms with van der Waals surface area (Å²) in [4.78, 5) is 10.0. The standard InChI is InChI=1S/C11H15N3O5S.ClH/c1-13(9-6-12-7-9)20(17,18)11-4-3-8(14(15)16)5-10(11)19-2;/h3-5,9,12H,6-7H2,1-2H3;1H. The zero-order chi connectivity index (χ0) is 14.9. The maximum Gasteiger partial charge on any atom is 0.273 e. The van der Waals surface area contributed by atoms with E-state index in [1.54, 1.807) is 0 Å². The van der Waals surface area contributed by atoms with Gasteiger partial charge in [-0.05, 0) is 6.07 Å². The summed E-state index contributed by atoms with van der Waals surface area (Å²) in [6.45, 7) is 1.18. The molecule has 21 heavy (non-hydrogen) atoms. The number of nitro groups is 1. The molecule has 0 amide bonds. The van der Waals surface area contributed by atoms with Crippen LogP contribution in [0.5, 0.6) is 5.75 Å². The third-order valence-electron chi connectivity index (χ3n) is 3.29. The van der Waals surface area contributed by atoms with E-state index in [0.29, 0.717) is 13.1 Å². The van der Waals surface area contributed by atoms with Gasteiger partial charge in [0.25, 0.3) is 5.69 Å². The zero-order valence-corrected chi connectivity index (χ0v) is 13.1. The van der Waals surface area contributed by atoms with Crippen LogP contribution >= 0.6 is 12.4 Å². The molecule has 0 saturated carbocycles. The number of halogens is 1. The molecule has 1 heterocycles. The first-order chi connectivity index (χ1) is 9.37. The molecule has 1 fully saturated rings. The number of likely N-dealkylation sites (N-methyl/N-ethyl adjacent to an activating group) is 1. The number of hydrogen-bond acceptors (Lipinski definition) is 6. The summed E-state index contributed by atoms with van der Waals surface area (Å²) < 4.78 is 31.2. The Balaban J connectivity index is 0.00000220. The van der Waals surface area contributed by atoms with Crippen molar-refractivity contribution in [2.75, 3.05) is 27.2 Å². The second-order valence-electron chi connectivity index (χ2n) is 4.43. The van der Waals surface area contributed by atoms with Crippen molar-refractivity contribution in [1.82, 2.24) is 9.62 Å². The minimum Gasteiger partial charge on any atom is -0.495 e. The predicted octanol–water partition coefficient (Wildman–Crippen LogP) is 0.617. The van der Waals surface area contributed by atoms with Crippen LogP contribution in [0.15, 0.2) is 23.1 Å². The van der Waals surface area contributed by atoms with Crippen molar-refractivity contribution in [2.45, 2.75) is 10.9 Å². The largest absolute Gasteiger partial charge is 0.495 e. The Morgan fingerprint density at radius 3 is 2.48 bits per heavy atom. The van der Waals surface area contributed by atoms with Crippen LogP contribution in [-0.2, 0) is 10.0 Å². The Morgan fingerprint density at radius 2 is 2.05 bits per heavy atom. The van der Waals surface area contributed by atoms with Crippen molar-refractivity contribution in [3.63, 3.8) is 0 Å². The van der Waals surface area contributed by atoms with Crippen molar-refractivity contribution in [1.29, 1.82) is 0 Å². The first-order valence-corrected chi connectivity index (χ1v) is 7.33. The molecule has 1 aromatic carbocycles. The Labute approximate surface area is 128 Å². The van der Waals surface area contributed by atoms with Gasteiger partial charge in [0, 0.05) is 32.2 Å². The van der Waals surface area contributed by atoms with Crippen molar-refractivity contribution in [3.8, 4) is 5.75 Å². The summed E-state index contributed by atoms with van der Waals surface area (Å²) in [5.41, 5.74) is -0.214. The zero-order valence-electron chi connectivity index (χ0n) is 11.5. The van der Waals surface area contributed by atoms with Crippen molar-refractivity contribution in [2.24, 2.45) is 0 Å². The molecule has 0 unspecified atom stereocenters. The van der Waals surface area contributed by atoms with Crippen LogP contribution in [0.2, 0.25) is 0 Å². The van der Waals surface area contributed by atoms with E-state index >= 15 is 0 Å². The van der Waals surface area contributed by atoms with Gasteiger partial charge in [-0.3, -0.25) is 10.1 Å². The monoisotopic (exact) mass is 337 g/mol. The Hall–Kier alpha value is -1.42. The average molecular weight is 338 g/mol. The summed E-state index contributed by atoms with van der Waals surface area (Å²) in [5, 5.41) is 13.7. The number of benzene rings is 1. The number of rotatable bonds is 5. The Morgan fingerprint density at radius 1 is 1.43 bits per heavy atom. The highest BCUT2D eigenvalue weighted by atomic mass is 35.5. The number of ether oxygens (including phenoxy) is 1. The summed E-state index contributed by atoms with van der Waals surface area (Å²) in [7, 11) is -0.970. The fraction of sp³-hybridized carbons (Fsp3) is 0.455. The highest BCUT2D eigenvalue weighted by Gasteiger charge is 2.34. The topological polar surface area (TPSA) is 102 Å². The molecule has 118 valence electrons. The van der Waals surface area contributed by atoms with Crippen LogP contribution in [0.25, 0.3) is 0 Å². The normalized spacial score (nSPS) is 15.2. The van der Waals surface area contributed by atoms with Gasteiger partial charge in [-0.1, -0.05) is 0 Å². The lowest BCUT2D eigenvalue weighted by Gasteiger charge is -2.34. The van der Waals surface area contributed by atoms with Gasteiger partial charge in [-0.2, -0.15) is 4.31 Å². The van der Waals surface area contributed by atoms with E-state index in [-0.39, 0.29) is 34.8 Å². The number of hydrogen-bond donors (Lipinski definition) is 1. The third-order valence-corrected chi connectivity index (χ3v) is 5.24. The first-order valence-electron chi connectivity index (χ1n) is 5.89. The smallest absolute Gasteiger partial charge is 0.273 e. The Bertz CT molecular complexity index is 633. The van der Waals surface area contributed by atoms with Gasteiger partial charge in [-0.25, -0.2) is 8.42 Å². The molecule has 0 radical (unpaired) electrons. The number of sulfonamides is 1. The van der Waals surface area contributed by atoms with E-state index in [9.17, 15) is 18.5 Å². The van der Waals surface area contributed by atoms with Crippen molar-refractivity contribution < 1.29 is 18.1 Å². The second kappa shape index (κ2) is 6.56. The second-order valence-corrected chi connectivity index (χ2v) is 6.39. The molecule has 1 N–H and O–H groups in total. The van der Waals surface area contributed by atoms with Gasteiger partial charge >= 0.3 is 0 Å². The molecule has 1 aliphatic rings. The minimum atomic E-state index is -3.74. The van der Waals surface area contributed by atoms with E-state index in [1.165, 1.54) is 24.5 Å². The van der Waals surface area contributed by atoms with Gasteiger partial charge in [0.05, 0.1) is 18.1 Å². The number of non-ortho nitro benzene ring substituents is 1. The highest BCUT2D eigenvalue weighted by molar-refractivity contribution is 7.89. The maximum absolute atomic E-state index is 12.5. The molecule has 0 bridgehead atoms. The third kappa shape index (κ3) is 3.26. The number of nitro benzene ring substituents is 1. The van der Waals surface area contributed by atoms with Gasteiger partial charge in [0.15, 0.2) is 0 Å². The lowest BCUT2D eigenvalue weighted by molar-refractivity contribution is -0.385. The molecule has 0 aromatic heterocycles. The molecule has 1 aliphatic heterocycles. The fourth-order valence-corrected chi connectivity index (χ4v) is 3.35. The van der Waals surface area contributed by atoms with Crippen LogP contribution in [-0.4, -0.2) is 50.9 Å². The molecule has 8 nitrogen and oxygen atoms in total. The Kier molecular flexibility index (Phi) is 5.51. The summed E-state index contributed by atoms with van der Waals surface area (Å²) in [6, 6.07) is 3.36. The van der Waals surface area contributed by atoms with E-state index in [1.807, 2.05) is 0 Å². The first kappa shape index (κ1) is 17.6. The van der Waals surface area contributed by atoms with Crippen LogP contribution in [0.3, 0.4) is 0 Å². The van der Waals surface area contributed by atoms with Crippen LogP contribution in [0, 0.1) is 10.1 Å². The van der Waals surface area contributed by atoms with Crippen LogP contribution in [0.1, 0.15) is 0 Å². The highest BCUT2D eigenvalue weighted by Crippen LogP contribution is 2.31. The predicted molar refractivity (Wildman–Crippen MR) is 78.5 cm³/mol. The molecule has 0 spiro atoms. The van der Waals surface area contributed by atoms with E-state index in [4.69, 9.17) is 4.74 Å². The average Bonchev–Trinajstić information content (AvgIpc) is 2.35. The van der Waals surface area contributed by atoms with Crippen LogP contribution in [0.4, 0.5) is 5.69 Å². The quantitative estimate of drug-likeness (QED) is 0.624. The summed E-state index contributed by atoms with van der Waals surface area (Å²) in [6.07, 6.45) is 0. The molecule has 2 rings (SSSR count). The van der Waals surface area contributed by atoms with Crippen molar-refractivity contribution in [3.05, 3.63) is 28.3 Å². The lowest BCUT2D eigenvalue weighted by Crippen LogP contribution is -2.57. The fourth-order valence-electron chi connectivity index (χ4n) is 1.86. The summed E-state index contributed by atoms with van der Waals surface area (Å²) in [5.74, 6) is -0.0293. The molecule has 1 aromatic rings. The van der Waals surface area contributed by atoms with Gasteiger partial charge < -0.3 is 10.1 Å². The number of nitrogens with zero attached hydrogens (tertiary/aromatic N) is 2. The van der Waals surface area contributed by atoms with Gasteiger partial charge in [-0.15, -0.1) is 12.4 Å². The number of nitrogens with one attached hydrogen (secondary N) is 1. The van der Waals surface area contributed by atoms with E-state index in [2.05, 4.69) is 5.32 Å². The maximum atomic E-state index is 12.5. The van der Waals surface area contributed by atoms with Crippen LogP contribution < -0.4 is 10.1 Å². The molecule has 10 heteroatoms. The SMILES string of the molecule is COc1cc([N+](=O)[O-])ccc1S(=O)(=O)N(C)C1CNC1.Cl. The molecular weight excluding hydrogens is 322 g/mol. The van der Waals surface area contributed by atoms with Gasteiger partial charge in [0.1, 0.15) is 10.6 Å². The summed E-state index contributed by atoms with van der Waals surface area (Å²) >= 11 is 0. The molecular formula is C11H16ClN3O5S. The van der Waals surface area contributed by atoms with E-state index in [0.717, 1.165) is 12.1 Å².